The van der Waals surface area contributed by atoms with Crippen LogP contribution in [0.2, 0.25) is 0 Å². The summed E-state index contributed by atoms with van der Waals surface area (Å²) in [7, 11) is 2.14. The number of primary amides is 1. The van der Waals surface area contributed by atoms with E-state index in [1.807, 2.05) is 0 Å². The molecular formula is C14H29N3O. The minimum atomic E-state index is -0.767. The Morgan fingerprint density at radius 2 is 2.11 bits per heavy atom. The van der Waals surface area contributed by atoms with Crippen molar-refractivity contribution in [3.05, 3.63) is 0 Å². The number of carbonyl (C=O) groups excluding carboxylic acids is 1. The number of hydrogen-bond acceptors (Lipinski definition) is 3. The quantitative estimate of drug-likeness (QED) is 0.755. The summed E-state index contributed by atoms with van der Waals surface area (Å²) in [6, 6.07) is 0. The summed E-state index contributed by atoms with van der Waals surface area (Å²) in [5, 5.41) is 0. The maximum atomic E-state index is 11.5. The lowest BCUT2D eigenvalue weighted by atomic mass is 9.84. The molecule has 106 valence electrons. The van der Waals surface area contributed by atoms with Gasteiger partial charge in [-0.1, -0.05) is 13.3 Å². The second kappa shape index (κ2) is 5.57. The minimum Gasteiger partial charge on any atom is -0.368 e. The van der Waals surface area contributed by atoms with Gasteiger partial charge in [0.05, 0.1) is 5.54 Å². The highest BCUT2D eigenvalue weighted by Crippen LogP contribution is 2.36. The number of amides is 1. The summed E-state index contributed by atoms with van der Waals surface area (Å²) >= 11 is 0. The summed E-state index contributed by atoms with van der Waals surface area (Å²) in [6.45, 7) is 7.65. The van der Waals surface area contributed by atoms with Gasteiger partial charge in [-0.2, -0.15) is 0 Å². The maximum absolute atomic E-state index is 11.5. The van der Waals surface area contributed by atoms with E-state index in [2.05, 4.69) is 32.7 Å². The van der Waals surface area contributed by atoms with Crippen molar-refractivity contribution in [3.8, 4) is 0 Å². The molecule has 0 aromatic heterocycles. The molecule has 1 aliphatic carbocycles. The Hall–Kier alpha value is -0.610. The molecule has 2 unspecified atom stereocenters. The van der Waals surface area contributed by atoms with E-state index in [0.29, 0.717) is 0 Å². The first-order valence-electron chi connectivity index (χ1n) is 7.04. The summed E-state index contributed by atoms with van der Waals surface area (Å²) in [5.41, 5.74) is 11.1. The van der Waals surface area contributed by atoms with Gasteiger partial charge in [-0.25, -0.2) is 0 Å². The average molecular weight is 255 g/mol. The van der Waals surface area contributed by atoms with Crippen LogP contribution in [-0.4, -0.2) is 35.5 Å². The van der Waals surface area contributed by atoms with Gasteiger partial charge >= 0.3 is 0 Å². The van der Waals surface area contributed by atoms with Crippen molar-refractivity contribution < 1.29 is 4.79 Å². The van der Waals surface area contributed by atoms with Gasteiger partial charge in [-0.05, 0) is 59.0 Å². The van der Waals surface area contributed by atoms with Gasteiger partial charge in [0, 0.05) is 5.54 Å². The molecule has 4 nitrogen and oxygen atoms in total. The van der Waals surface area contributed by atoms with Crippen LogP contribution in [0, 0.1) is 5.92 Å². The smallest absolute Gasteiger partial charge is 0.237 e. The van der Waals surface area contributed by atoms with E-state index in [-0.39, 0.29) is 17.4 Å². The molecule has 0 bridgehead atoms. The molecule has 4 heteroatoms. The second-order valence-electron chi connectivity index (χ2n) is 6.37. The number of nitrogens with two attached hydrogens (primary N) is 2. The van der Waals surface area contributed by atoms with E-state index >= 15 is 0 Å². The van der Waals surface area contributed by atoms with Gasteiger partial charge in [-0.3, -0.25) is 4.79 Å². The van der Waals surface area contributed by atoms with Gasteiger partial charge in [0.25, 0.3) is 0 Å². The first-order chi connectivity index (χ1) is 8.24. The number of carbonyl (C=O) groups is 1. The molecule has 0 aliphatic heterocycles. The molecule has 2 atom stereocenters. The number of rotatable bonds is 6. The van der Waals surface area contributed by atoms with Crippen molar-refractivity contribution in [1.29, 1.82) is 0 Å². The third kappa shape index (κ3) is 3.04. The van der Waals surface area contributed by atoms with Crippen LogP contribution >= 0.6 is 0 Å². The summed E-state index contributed by atoms with van der Waals surface area (Å²) in [4.78, 5) is 13.9. The van der Waals surface area contributed by atoms with Crippen LogP contribution in [-0.2, 0) is 4.79 Å². The highest BCUT2D eigenvalue weighted by Gasteiger charge is 2.44. The van der Waals surface area contributed by atoms with E-state index < -0.39 is 5.54 Å². The molecule has 18 heavy (non-hydrogen) atoms. The maximum Gasteiger partial charge on any atom is 0.237 e. The second-order valence-corrected chi connectivity index (χ2v) is 6.37. The Kier molecular flexibility index (Phi) is 4.78. The first-order valence-corrected chi connectivity index (χ1v) is 7.04. The fraction of sp³-hybridized carbons (Fsp3) is 0.929. The molecule has 1 fully saturated rings. The van der Waals surface area contributed by atoms with Crippen molar-refractivity contribution in [2.24, 2.45) is 17.4 Å². The van der Waals surface area contributed by atoms with Crippen LogP contribution < -0.4 is 11.5 Å². The van der Waals surface area contributed by atoms with E-state index in [1.54, 1.807) is 0 Å². The topological polar surface area (TPSA) is 72.3 Å². The Labute approximate surface area is 111 Å². The third-order valence-corrected chi connectivity index (χ3v) is 5.04. The predicted molar refractivity (Wildman–Crippen MR) is 75.1 cm³/mol. The molecule has 1 rings (SSSR count). The molecule has 0 aromatic carbocycles. The lowest BCUT2D eigenvalue weighted by molar-refractivity contribution is -0.124. The van der Waals surface area contributed by atoms with Crippen LogP contribution in [0.25, 0.3) is 0 Å². The van der Waals surface area contributed by atoms with Gasteiger partial charge in [-0.15, -0.1) is 0 Å². The third-order valence-electron chi connectivity index (χ3n) is 5.04. The number of nitrogens with zero attached hydrogens (tertiary/aromatic N) is 1. The Bertz CT molecular complexity index is 303. The zero-order valence-corrected chi connectivity index (χ0v) is 12.3. The van der Waals surface area contributed by atoms with E-state index in [9.17, 15) is 4.79 Å². The molecule has 0 aromatic rings. The summed E-state index contributed by atoms with van der Waals surface area (Å²) < 4.78 is 0. The largest absolute Gasteiger partial charge is 0.368 e. The van der Waals surface area contributed by atoms with Crippen LogP contribution in [0.5, 0.6) is 0 Å². The molecule has 1 saturated carbocycles. The van der Waals surface area contributed by atoms with Crippen molar-refractivity contribution in [1.82, 2.24) is 4.90 Å². The zero-order chi connectivity index (χ0) is 14.0. The zero-order valence-electron chi connectivity index (χ0n) is 12.3. The molecule has 4 N–H and O–H groups in total. The van der Waals surface area contributed by atoms with Crippen LogP contribution in [0.3, 0.4) is 0 Å². The fourth-order valence-electron chi connectivity index (χ4n) is 2.75. The normalized spacial score (nSPS) is 28.9. The van der Waals surface area contributed by atoms with Gasteiger partial charge in [0.15, 0.2) is 0 Å². The van der Waals surface area contributed by atoms with Gasteiger partial charge < -0.3 is 16.4 Å². The molecule has 0 radical (unpaired) electrons. The highest BCUT2D eigenvalue weighted by molar-refractivity contribution is 5.85. The first kappa shape index (κ1) is 15.4. The summed E-state index contributed by atoms with van der Waals surface area (Å²) in [5.74, 6) is -0.0903. The van der Waals surface area contributed by atoms with Crippen molar-refractivity contribution in [2.45, 2.75) is 64.0 Å². The lowest BCUT2D eigenvalue weighted by Gasteiger charge is -2.37. The van der Waals surface area contributed by atoms with Crippen molar-refractivity contribution in [3.63, 3.8) is 0 Å². The monoisotopic (exact) mass is 255 g/mol. The molecular weight excluding hydrogens is 226 g/mol. The van der Waals surface area contributed by atoms with Crippen LogP contribution in [0.1, 0.15) is 52.9 Å². The fourth-order valence-corrected chi connectivity index (χ4v) is 2.75. The van der Waals surface area contributed by atoms with E-state index in [1.165, 1.54) is 0 Å². The van der Waals surface area contributed by atoms with Crippen LogP contribution in [0.15, 0.2) is 0 Å². The minimum absolute atomic E-state index is 0.197. The average Bonchev–Trinajstić information content (AvgIpc) is 2.69. The molecule has 0 spiro atoms. The van der Waals surface area contributed by atoms with Gasteiger partial charge in [0.1, 0.15) is 0 Å². The number of hydrogen-bond donors (Lipinski definition) is 2. The van der Waals surface area contributed by atoms with E-state index in [4.69, 9.17) is 11.5 Å². The van der Waals surface area contributed by atoms with E-state index in [0.717, 1.165) is 38.6 Å². The van der Waals surface area contributed by atoms with Crippen LogP contribution in [0.4, 0.5) is 0 Å². The Morgan fingerprint density at radius 3 is 2.61 bits per heavy atom. The van der Waals surface area contributed by atoms with Crippen molar-refractivity contribution >= 4 is 5.91 Å². The molecule has 1 amide bonds. The lowest BCUT2D eigenvalue weighted by Crippen LogP contribution is -2.55. The Morgan fingerprint density at radius 1 is 1.50 bits per heavy atom. The van der Waals surface area contributed by atoms with Crippen molar-refractivity contribution in [2.75, 3.05) is 13.6 Å². The molecule has 0 heterocycles. The molecule has 1 aliphatic rings. The molecule has 0 saturated heterocycles. The predicted octanol–water partition coefficient (Wildman–Crippen LogP) is 1.48. The Balaban J connectivity index is 2.56. The summed E-state index contributed by atoms with van der Waals surface area (Å²) in [6.07, 6.45) is 4.86. The highest BCUT2D eigenvalue weighted by atomic mass is 16.1. The van der Waals surface area contributed by atoms with Gasteiger partial charge in [0.2, 0.25) is 5.91 Å². The SMILES string of the molecule is CCC(C)(C)N(C)CCC1CCCC1(N)C(N)=O. The standard InChI is InChI=1S/C14H29N3O/c1-5-13(2,3)17(4)10-8-11-7-6-9-14(11,16)12(15)18/h11H,5-10,16H2,1-4H3,(H2,15,18).